The Hall–Kier alpha value is -2.13. The van der Waals surface area contributed by atoms with Crippen LogP contribution in [0, 0.1) is 0 Å². The highest BCUT2D eigenvalue weighted by molar-refractivity contribution is 5.73. The lowest BCUT2D eigenvalue weighted by atomic mass is 9.85. The quantitative estimate of drug-likeness (QED) is 0.668. The van der Waals surface area contributed by atoms with Crippen molar-refractivity contribution in [2.24, 2.45) is 0 Å². The van der Waals surface area contributed by atoms with Gasteiger partial charge in [0.2, 0.25) is 5.91 Å². The Morgan fingerprint density at radius 2 is 1.90 bits per heavy atom. The van der Waals surface area contributed by atoms with Crippen molar-refractivity contribution >= 4 is 5.91 Å². The fourth-order valence-electron chi connectivity index (χ4n) is 3.07. The van der Waals surface area contributed by atoms with Gasteiger partial charge in [0.15, 0.2) is 0 Å². The predicted molar refractivity (Wildman–Crippen MR) is 81.9 cm³/mol. The van der Waals surface area contributed by atoms with Crippen molar-refractivity contribution in [3.8, 4) is 11.1 Å². The minimum atomic E-state index is -0.306. The smallest absolute Gasteiger partial charge is 0.243 e. The van der Waals surface area contributed by atoms with Crippen LogP contribution in [0.5, 0.6) is 0 Å². The van der Waals surface area contributed by atoms with Gasteiger partial charge in [-0.2, -0.15) is 0 Å². The van der Waals surface area contributed by atoms with E-state index in [1.165, 1.54) is 23.6 Å². The normalized spacial score (nSPS) is 17.1. The van der Waals surface area contributed by atoms with Gasteiger partial charge >= 0.3 is 0 Å². The standard InChI is InChI=1S/C18H19NO2/c1-13(20)19(21)18-9-5-8-16-12-15(10-11-17(16)18)14-6-3-2-4-7-14/h2-4,6-7,10-12,18,21H,5,8-9H2,1H3. The van der Waals surface area contributed by atoms with Crippen molar-refractivity contribution in [2.75, 3.05) is 0 Å². The molecule has 3 heteroatoms. The molecule has 0 saturated carbocycles. The maximum atomic E-state index is 11.4. The number of hydroxylamine groups is 2. The van der Waals surface area contributed by atoms with E-state index in [2.05, 4.69) is 24.3 Å². The second-order valence-corrected chi connectivity index (χ2v) is 5.55. The van der Waals surface area contributed by atoms with Gasteiger partial charge in [0.1, 0.15) is 0 Å². The van der Waals surface area contributed by atoms with Gasteiger partial charge in [0.05, 0.1) is 6.04 Å². The largest absolute Gasteiger partial charge is 0.285 e. The topological polar surface area (TPSA) is 40.5 Å². The number of hydrogen-bond donors (Lipinski definition) is 1. The SMILES string of the molecule is CC(=O)N(O)C1CCCc2cc(-c3ccccc3)ccc21. The molecule has 0 radical (unpaired) electrons. The first-order valence-electron chi connectivity index (χ1n) is 7.34. The van der Waals surface area contributed by atoms with Crippen molar-refractivity contribution in [1.82, 2.24) is 5.06 Å². The van der Waals surface area contributed by atoms with Gasteiger partial charge in [0.25, 0.3) is 0 Å². The van der Waals surface area contributed by atoms with Gasteiger partial charge in [-0.3, -0.25) is 10.0 Å². The molecule has 0 aromatic heterocycles. The molecule has 0 bridgehead atoms. The van der Waals surface area contributed by atoms with Crippen molar-refractivity contribution in [3.05, 3.63) is 59.7 Å². The molecule has 0 saturated heterocycles. The summed E-state index contributed by atoms with van der Waals surface area (Å²) in [5.41, 5.74) is 4.67. The summed E-state index contributed by atoms with van der Waals surface area (Å²) in [4.78, 5) is 11.4. The summed E-state index contributed by atoms with van der Waals surface area (Å²) in [7, 11) is 0. The van der Waals surface area contributed by atoms with Crippen LogP contribution < -0.4 is 0 Å². The number of amides is 1. The molecule has 2 aromatic carbocycles. The Bertz CT molecular complexity index is 652. The van der Waals surface area contributed by atoms with E-state index in [0.29, 0.717) is 0 Å². The van der Waals surface area contributed by atoms with Crippen LogP contribution in [0.2, 0.25) is 0 Å². The molecule has 1 atom stereocenters. The van der Waals surface area contributed by atoms with Crippen LogP contribution in [0.15, 0.2) is 48.5 Å². The molecule has 1 aliphatic carbocycles. The summed E-state index contributed by atoms with van der Waals surface area (Å²) < 4.78 is 0. The molecule has 1 N–H and O–H groups in total. The van der Waals surface area contributed by atoms with Crippen LogP contribution in [0.3, 0.4) is 0 Å². The highest BCUT2D eigenvalue weighted by Gasteiger charge is 2.26. The number of benzene rings is 2. The van der Waals surface area contributed by atoms with Gasteiger partial charge in [-0.15, -0.1) is 0 Å². The molecule has 3 nitrogen and oxygen atoms in total. The zero-order valence-corrected chi connectivity index (χ0v) is 12.1. The van der Waals surface area contributed by atoms with Crippen LogP contribution in [0.4, 0.5) is 0 Å². The first-order valence-corrected chi connectivity index (χ1v) is 7.34. The second-order valence-electron chi connectivity index (χ2n) is 5.55. The molecular formula is C18H19NO2. The summed E-state index contributed by atoms with van der Waals surface area (Å²) in [5.74, 6) is -0.306. The van der Waals surface area contributed by atoms with E-state index < -0.39 is 0 Å². The third-order valence-corrected chi connectivity index (χ3v) is 4.15. The van der Waals surface area contributed by atoms with Gasteiger partial charge in [-0.05, 0) is 41.5 Å². The van der Waals surface area contributed by atoms with E-state index in [0.717, 1.165) is 29.9 Å². The first kappa shape index (κ1) is 13.8. The van der Waals surface area contributed by atoms with E-state index in [1.54, 1.807) is 0 Å². The molecule has 108 valence electrons. The van der Waals surface area contributed by atoms with Crippen LogP contribution in [0.25, 0.3) is 11.1 Å². The van der Waals surface area contributed by atoms with Crippen LogP contribution in [0.1, 0.15) is 36.9 Å². The monoisotopic (exact) mass is 281 g/mol. The molecule has 0 spiro atoms. The van der Waals surface area contributed by atoms with Crippen molar-refractivity contribution < 1.29 is 10.0 Å². The summed E-state index contributed by atoms with van der Waals surface area (Å²) >= 11 is 0. The number of hydrogen-bond acceptors (Lipinski definition) is 2. The van der Waals surface area contributed by atoms with E-state index in [-0.39, 0.29) is 11.9 Å². The van der Waals surface area contributed by atoms with Crippen LogP contribution in [-0.2, 0) is 11.2 Å². The highest BCUT2D eigenvalue weighted by atomic mass is 16.5. The lowest BCUT2D eigenvalue weighted by Gasteiger charge is -2.31. The van der Waals surface area contributed by atoms with E-state index in [9.17, 15) is 10.0 Å². The molecule has 1 aliphatic rings. The molecule has 0 aliphatic heterocycles. The molecule has 1 unspecified atom stereocenters. The summed E-state index contributed by atoms with van der Waals surface area (Å²) in [6.45, 7) is 1.40. The molecule has 0 heterocycles. The van der Waals surface area contributed by atoms with Gasteiger partial charge in [0, 0.05) is 6.92 Å². The Morgan fingerprint density at radius 3 is 2.62 bits per heavy atom. The number of nitrogens with zero attached hydrogens (tertiary/aromatic N) is 1. The minimum Gasteiger partial charge on any atom is -0.285 e. The third-order valence-electron chi connectivity index (χ3n) is 4.15. The third kappa shape index (κ3) is 2.69. The van der Waals surface area contributed by atoms with E-state index >= 15 is 0 Å². The predicted octanol–water partition coefficient (Wildman–Crippen LogP) is 3.97. The van der Waals surface area contributed by atoms with Crippen LogP contribution >= 0.6 is 0 Å². The number of carbonyl (C=O) groups excluding carboxylic acids is 1. The first-order chi connectivity index (χ1) is 10.2. The zero-order chi connectivity index (χ0) is 14.8. The Kier molecular flexibility index (Phi) is 3.76. The number of carbonyl (C=O) groups is 1. The molecule has 3 rings (SSSR count). The number of aryl methyl sites for hydroxylation is 1. The Balaban J connectivity index is 1.98. The summed E-state index contributed by atoms with van der Waals surface area (Å²) in [5, 5.41) is 10.8. The molecule has 2 aromatic rings. The van der Waals surface area contributed by atoms with E-state index in [4.69, 9.17) is 0 Å². The Labute approximate surface area is 124 Å². The fraction of sp³-hybridized carbons (Fsp3) is 0.278. The number of rotatable bonds is 2. The molecule has 0 fully saturated rings. The van der Waals surface area contributed by atoms with E-state index in [1.807, 2.05) is 24.3 Å². The maximum Gasteiger partial charge on any atom is 0.243 e. The van der Waals surface area contributed by atoms with Crippen molar-refractivity contribution in [2.45, 2.75) is 32.2 Å². The number of fused-ring (bicyclic) bond motifs is 1. The minimum absolute atomic E-state index is 0.212. The summed E-state index contributed by atoms with van der Waals surface area (Å²) in [6, 6.07) is 16.3. The molecule has 1 amide bonds. The van der Waals surface area contributed by atoms with Gasteiger partial charge < -0.3 is 0 Å². The fourth-order valence-corrected chi connectivity index (χ4v) is 3.07. The lowest BCUT2D eigenvalue weighted by Crippen LogP contribution is -2.32. The van der Waals surface area contributed by atoms with Gasteiger partial charge in [-0.1, -0.05) is 48.5 Å². The maximum absolute atomic E-state index is 11.4. The average molecular weight is 281 g/mol. The van der Waals surface area contributed by atoms with Crippen molar-refractivity contribution in [1.29, 1.82) is 0 Å². The lowest BCUT2D eigenvalue weighted by molar-refractivity contribution is -0.175. The van der Waals surface area contributed by atoms with Gasteiger partial charge in [-0.25, -0.2) is 5.06 Å². The average Bonchev–Trinajstić information content (AvgIpc) is 2.53. The highest BCUT2D eigenvalue weighted by Crippen LogP contribution is 2.35. The van der Waals surface area contributed by atoms with Crippen LogP contribution in [-0.4, -0.2) is 16.2 Å². The summed E-state index contributed by atoms with van der Waals surface area (Å²) in [6.07, 6.45) is 2.80. The molecule has 21 heavy (non-hydrogen) atoms. The second kappa shape index (κ2) is 5.70. The Morgan fingerprint density at radius 1 is 1.14 bits per heavy atom. The van der Waals surface area contributed by atoms with Crippen molar-refractivity contribution in [3.63, 3.8) is 0 Å². The zero-order valence-electron chi connectivity index (χ0n) is 12.1. The molecular weight excluding hydrogens is 262 g/mol.